The van der Waals surface area contributed by atoms with E-state index in [9.17, 15) is 14.0 Å². The lowest BCUT2D eigenvalue weighted by atomic mass is 9.84. The van der Waals surface area contributed by atoms with Gasteiger partial charge in [-0.05, 0) is 41.0 Å². The minimum Gasteiger partial charge on any atom is -0.446 e. The molecule has 4 rings (SSSR count). The molecular formula is C24H20ClFN2O3. The van der Waals surface area contributed by atoms with E-state index in [-0.39, 0.29) is 6.61 Å². The summed E-state index contributed by atoms with van der Waals surface area (Å²) in [4.78, 5) is 27.0. The van der Waals surface area contributed by atoms with E-state index >= 15 is 0 Å². The summed E-state index contributed by atoms with van der Waals surface area (Å²) in [6.07, 6.45) is -0.747. The zero-order chi connectivity index (χ0) is 22.0. The van der Waals surface area contributed by atoms with Gasteiger partial charge in [-0.1, -0.05) is 66.2 Å². The number of rotatable bonds is 5. The van der Waals surface area contributed by atoms with Gasteiger partial charge in [-0.15, -0.1) is 0 Å². The second-order valence-corrected chi connectivity index (χ2v) is 7.76. The summed E-state index contributed by atoms with van der Waals surface area (Å²) in [7, 11) is 0. The van der Waals surface area contributed by atoms with E-state index in [0.717, 1.165) is 10.5 Å². The largest absolute Gasteiger partial charge is 0.446 e. The molecule has 31 heavy (non-hydrogen) atoms. The standard InChI is InChI=1S/C24H20ClFN2O3/c25-18-11-9-16(10-12-18)21(17-7-4-8-19(26)13-17)22(27)23(29)28-20(14-31-24(28)30)15-5-2-1-3-6-15/h1-13,20-22H,14,27H2/t20-,21+,22+/m1/s1. The normalized spacial score (nSPS) is 17.8. The first-order valence-corrected chi connectivity index (χ1v) is 10.1. The maximum Gasteiger partial charge on any atom is 0.417 e. The van der Waals surface area contributed by atoms with Gasteiger partial charge in [0.05, 0.1) is 6.04 Å². The molecule has 1 saturated heterocycles. The van der Waals surface area contributed by atoms with Crippen molar-refractivity contribution in [3.8, 4) is 0 Å². The first kappa shape index (κ1) is 21.0. The molecule has 0 aromatic heterocycles. The quantitative estimate of drug-likeness (QED) is 0.629. The smallest absolute Gasteiger partial charge is 0.417 e. The van der Waals surface area contributed by atoms with Gasteiger partial charge in [0.25, 0.3) is 5.91 Å². The zero-order valence-corrected chi connectivity index (χ0v) is 17.2. The lowest BCUT2D eigenvalue weighted by Gasteiger charge is -2.29. The average Bonchev–Trinajstić information content (AvgIpc) is 3.16. The van der Waals surface area contributed by atoms with Crippen LogP contribution < -0.4 is 5.73 Å². The molecule has 3 atom stereocenters. The van der Waals surface area contributed by atoms with Crippen molar-refractivity contribution in [3.63, 3.8) is 0 Å². The summed E-state index contributed by atoms with van der Waals surface area (Å²) in [6.45, 7) is 0.0485. The van der Waals surface area contributed by atoms with E-state index in [1.165, 1.54) is 12.1 Å². The van der Waals surface area contributed by atoms with Crippen molar-refractivity contribution in [3.05, 3.63) is 106 Å². The van der Waals surface area contributed by atoms with Gasteiger partial charge in [-0.3, -0.25) is 4.79 Å². The molecular weight excluding hydrogens is 419 g/mol. The number of hydrogen-bond acceptors (Lipinski definition) is 4. The van der Waals surface area contributed by atoms with E-state index < -0.39 is 35.8 Å². The van der Waals surface area contributed by atoms with E-state index in [0.29, 0.717) is 16.1 Å². The third kappa shape index (κ3) is 4.31. The van der Waals surface area contributed by atoms with Crippen LogP contribution >= 0.6 is 11.6 Å². The first-order chi connectivity index (χ1) is 15.0. The van der Waals surface area contributed by atoms with E-state index in [1.807, 2.05) is 30.3 Å². The second kappa shape index (κ2) is 8.88. The molecule has 5 nitrogen and oxygen atoms in total. The van der Waals surface area contributed by atoms with E-state index in [2.05, 4.69) is 0 Å². The summed E-state index contributed by atoms with van der Waals surface area (Å²) in [5, 5.41) is 0.522. The van der Waals surface area contributed by atoms with Crippen LogP contribution in [-0.2, 0) is 9.53 Å². The number of imide groups is 1. The number of halogens is 2. The Morgan fingerprint density at radius 1 is 1.03 bits per heavy atom. The predicted octanol–water partition coefficient (Wildman–Crippen LogP) is 4.66. The minimum atomic E-state index is -1.15. The molecule has 2 amide bonds. The molecule has 7 heteroatoms. The number of amides is 2. The van der Waals surface area contributed by atoms with Crippen LogP contribution in [0.5, 0.6) is 0 Å². The number of hydrogen-bond donors (Lipinski definition) is 1. The first-order valence-electron chi connectivity index (χ1n) is 9.77. The SMILES string of the molecule is N[C@H](C(=O)N1C(=O)OC[C@@H]1c1ccccc1)[C@@H](c1ccc(Cl)cc1)c1cccc(F)c1. The van der Waals surface area contributed by atoms with Gasteiger partial charge in [-0.25, -0.2) is 14.1 Å². The van der Waals surface area contributed by atoms with Crippen molar-refractivity contribution in [1.82, 2.24) is 4.90 Å². The van der Waals surface area contributed by atoms with E-state index in [1.54, 1.807) is 36.4 Å². The maximum absolute atomic E-state index is 14.0. The molecule has 0 unspecified atom stereocenters. The monoisotopic (exact) mass is 438 g/mol. The van der Waals surface area contributed by atoms with Gasteiger partial charge in [0.2, 0.25) is 0 Å². The molecule has 3 aromatic rings. The van der Waals surface area contributed by atoms with Gasteiger partial charge in [0.15, 0.2) is 0 Å². The molecule has 158 valence electrons. The predicted molar refractivity (Wildman–Crippen MR) is 115 cm³/mol. The number of carbonyl (C=O) groups is 2. The molecule has 1 heterocycles. The Balaban J connectivity index is 1.72. The highest BCUT2D eigenvalue weighted by molar-refractivity contribution is 6.30. The Labute approximate surface area is 184 Å². The van der Waals surface area contributed by atoms with Crippen molar-refractivity contribution < 1.29 is 18.7 Å². The number of nitrogens with two attached hydrogens (primary N) is 1. The van der Waals surface area contributed by atoms with Crippen LogP contribution in [0.2, 0.25) is 5.02 Å². The Bertz CT molecular complexity index is 1090. The summed E-state index contributed by atoms with van der Waals surface area (Å²) < 4.78 is 19.1. The van der Waals surface area contributed by atoms with Crippen molar-refractivity contribution in [1.29, 1.82) is 0 Å². The zero-order valence-electron chi connectivity index (χ0n) is 16.4. The Morgan fingerprint density at radius 2 is 1.74 bits per heavy atom. The molecule has 0 spiro atoms. The van der Waals surface area contributed by atoms with Gasteiger partial charge in [0.1, 0.15) is 18.5 Å². The summed E-state index contributed by atoms with van der Waals surface area (Å²) in [5.41, 5.74) is 8.41. The number of cyclic esters (lactones) is 1. The van der Waals surface area contributed by atoms with Crippen molar-refractivity contribution >= 4 is 23.6 Å². The van der Waals surface area contributed by atoms with Crippen LogP contribution in [0, 0.1) is 5.82 Å². The molecule has 0 saturated carbocycles. The number of carbonyl (C=O) groups excluding carboxylic acids is 2. The highest BCUT2D eigenvalue weighted by Gasteiger charge is 2.43. The molecule has 1 aliphatic rings. The third-order valence-electron chi connectivity index (χ3n) is 5.38. The van der Waals surface area contributed by atoms with Crippen LogP contribution in [0.3, 0.4) is 0 Å². The van der Waals surface area contributed by atoms with Crippen LogP contribution in [0.4, 0.5) is 9.18 Å². The van der Waals surface area contributed by atoms with Crippen molar-refractivity contribution in [2.24, 2.45) is 5.73 Å². The highest BCUT2D eigenvalue weighted by Crippen LogP contribution is 2.33. The number of benzene rings is 3. The molecule has 0 aliphatic carbocycles. The van der Waals surface area contributed by atoms with Gasteiger partial charge in [0, 0.05) is 10.9 Å². The third-order valence-corrected chi connectivity index (χ3v) is 5.63. The molecule has 2 N–H and O–H groups in total. The fraction of sp³-hybridized carbons (Fsp3) is 0.167. The lowest BCUT2D eigenvalue weighted by molar-refractivity contribution is -0.131. The second-order valence-electron chi connectivity index (χ2n) is 7.32. The van der Waals surface area contributed by atoms with E-state index in [4.69, 9.17) is 22.1 Å². The highest BCUT2D eigenvalue weighted by atomic mass is 35.5. The van der Waals surface area contributed by atoms with Crippen LogP contribution in [0.15, 0.2) is 78.9 Å². The summed E-state index contributed by atoms with van der Waals surface area (Å²) >= 11 is 6.01. The summed E-state index contributed by atoms with van der Waals surface area (Å²) in [6, 6.07) is 20.1. The maximum atomic E-state index is 14.0. The summed E-state index contributed by atoms with van der Waals surface area (Å²) in [5.74, 6) is -1.73. The molecule has 0 bridgehead atoms. The van der Waals surface area contributed by atoms with Gasteiger partial charge < -0.3 is 10.5 Å². The fourth-order valence-corrected chi connectivity index (χ4v) is 3.99. The van der Waals surface area contributed by atoms with Crippen LogP contribution in [0.25, 0.3) is 0 Å². The Morgan fingerprint density at radius 3 is 2.42 bits per heavy atom. The number of nitrogens with zero attached hydrogens (tertiary/aromatic N) is 1. The minimum absolute atomic E-state index is 0.0485. The number of ether oxygens (including phenoxy) is 1. The Hall–Kier alpha value is -3.22. The van der Waals surface area contributed by atoms with Crippen LogP contribution in [-0.4, -0.2) is 29.5 Å². The average molecular weight is 439 g/mol. The van der Waals surface area contributed by atoms with Crippen LogP contribution in [0.1, 0.15) is 28.7 Å². The molecule has 1 aliphatic heterocycles. The fourth-order valence-electron chi connectivity index (χ4n) is 3.87. The van der Waals surface area contributed by atoms with Crippen molar-refractivity contribution in [2.45, 2.75) is 18.0 Å². The van der Waals surface area contributed by atoms with Gasteiger partial charge >= 0.3 is 6.09 Å². The topological polar surface area (TPSA) is 72.6 Å². The molecule has 1 fully saturated rings. The molecule has 3 aromatic carbocycles. The van der Waals surface area contributed by atoms with Crippen molar-refractivity contribution in [2.75, 3.05) is 6.61 Å². The van der Waals surface area contributed by atoms with Gasteiger partial charge in [-0.2, -0.15) is 0 Å². The molecule has 0 radical (unpaired) electrons. The Kier molecular flexibility index (Phi) is 6.02. The lowest BCUT2D eigenvalue weighted by Crippen LogP contribution is -2.48.